The van der Waals surface area contributed by atoms with Crippen molar-refractivity contribution < 1.29 is 4.79 Å². The third-order valence-electron chi connectivity index (χ3n) is 4.86. The molecule has 1 amide bonds. The van der Waals surface area contributed by atoms with E-state index in [1.54, 1.807) is 7.05 Å². The normalized spacial score (nSPS) is 17.0. The van der Waals surface area contributed by atoms with Crippen LogP contribution in [0.15, 0.2) is 15.9 Å². The number of carbonyl (C=O) groups excluding carboxylic acids is 1. The van der Waals surface area contributed by atoms with E-state index in [4.69, 9.17) is 5.73 Å². The Balaban J connectivity index is 1.92. The number of carbonyl (C=O) groups is 1. The Morgan fingerprint density at radius 1 is 1.38 bits per heavy atom. The summed E-state index contributed by atoms with van der Waals surface area (Å²) in [6.07, 6.45) is 3.53. The molecule has 2 aromatic heterocycles. The molecule has 9 nitrogen and oxygen atoms in total. The lowest BCUT2D eigenvalue weighted by Gasteiger charge is -2.29. The van der Waals surface area contributed by atoms with Crippen LogP contribution >= 0.6 is 0 Å². The SMILES string of the molecule is Cn1c(=O)c2c(ncn2CC(=O)NC(C)(CN)C2CC2)n(C)c1=O. The first kappa shape index (κ1) is 16.4. The molecule has 1 aliphatic carbocycles. The van der Waals surface area contributed by atoms with Gasteiger partial charge in [-0.1, -0.05) is 0 Å². The summed E-state index contributed by atoms with van der Waals surface area (Å²) in [4.78, 5) is 40.8. The van der Waals surface area contributed by atoms with E-state index in [1.807, 2.05) is 6.92 Å². The summed E-state index contributed by atoms with van der Waals surface area (Å²) >= 11 is 0. The van der Waals surface area contributed by atoms with E-state index in [0.717, 1.165) is 17.4 Å². The molecule has 1 fully saturated rings. The predicted molar refractivity (Wildman–Crippen MR) is 88.5 cm³/mol. The van der Waals surface area contributed by atoms with Crippen molar-refractivity contribution in [3.8, 4) is 0 Å². The van der Waals surface area contributed by atoms with Gasteiger partial charge in [-0.25, -0.2) is 9.78 Å². The van der Waals surface area contributed by atoms with Crippen LogP contribution in [0, 0.1) is 5.92 Å². The van der Waals surface area contributed by atoms with E-state index >= 15 is 0 Å². The molecule has 1 aliphatic rings. The van der Waals surface area contributed by atoms with E-state index in [0.29, 0.717) is 12.5 Å². The van der Waals surface area contributed by atoms with Crippen LogP contribution in [-0.2, 0) is 25.4 Å². The number of rotatable bonds is 5. The lowest BCUT2D eigenvalue weighted by Crippen LogP contribution is -2.54. The van der Waals surface area contributed by atoms with Crippen LogP contribution < -0.4 is 22.3 Å². The molecule has 24 heavy (non-hydrogen) atoms. The Labute approximate surface area is 138 Å². The average Bonchev–Trinajstić information content (AvgIpc) is 3.33. The van der Waals surface area contributed by atoms with Gasteiger partial charge in [0.2, 0.25) is 5.91 Å². The molecule has 2 heterocycles. The number of hydrogen-bond donors (Lipinski definition) is 2. The maximum Gasteiger partial charge on any atom is 0.332 e. The van der Waals surface area contributed by atoms with E-state index in [-0.39, 0.29) is 23.6 Å². The first-order chi connectivity index (χ1) is 11.3. The Morgan fingerprint density at radius 2 is 2.04 bits per heavy atom. The van der Waals surface area contributed by atoms with Gasteiger partial charge in [-0.3, -0.25) is 18.7 Å². The predicted octanol–water partition coefficient (Wildman–Crippen LogP) is -1.32. The molecule has 0 aliphatic heterocycles. The first-order valence-electron chi connectivity index (χ1n) is 7.90. The van der Waals surface area contributed by atoms with Crippen LogP contribution in [0.4, 0.5) is 0 Å². The molecule has 0 saturated heterocycles. The zero-order valence-electron chi connectivity index (χ0n) is 14.1. The molecule has 3 N–H and O–H groups in total. The van der Waals surface area contributed by atoms with Crippen molar-refractivity contribution in [1.82, 2.24) is 24.0 Å². The number of aryl methyl sites for hydroxylation is 1. The van der Waals surface area contributed by atoms with Gasteiger partial charge < -0.3 is 15.6 Å². The topological polar surface area (TPSA) is 117 Å². The highest BCUT2D eigenvalue weighted by Gasteiger charge is 2.41. The summed E-state index contributed by atoms with van der Waals surface area (Å²) in [6.45, 7) is 2.26. The Bertz CT molecular complexity index is 920. The molecule has 9 heteroatoms. The lowest BCUT2D eigenvalue weighted by atomic mass is 9.96. The number of fused-ring (bicyclic) bond motifs is 1. The van der Waals surface area contributed by atoms with Crippen molar-refractivity contribution in [2.24, 2.45) is 25.7 Å². The molecule has 1 atom stereocenters. The fourth-order valence-corrected chi connectivity index (χ4v) is 3.07. The van der Waals surface area contributed by atoms with E-state index in [1.165, 1.54) is 22.5 Å². The molecule has 0 bridgehead atoms. The Hall–Kier alpha value is -2.42. The van der Waals surface area contributed by atoms with Gasteiger partial charge >= 0.3 is 5.69 Å². The molecule has 1 unspecified atom stereocenters. The maximum absolute atomic E-state index is 12.4. The maximum atomic E-state index is 12.4. The largest absolute Gasteiger partial charge is 0.348 e. The molecule has 0 aromatic carbocycles. The van der Waals surface area contributed by atoms with E-state index in [9.17, 15) is 14.4 Å². The summed E-state index contributed by atoms with van der Waals surface area (Å²) in [5.41, 5.74) is 4.96. The van der Waals surface area contributed by atoms with Crippen LogP contribution in [-0.4, -0.2) is 36.7 Å². The van der Waals surface area contributed by atoms with Gasteiger partial charge in [0.25, 0.3) is 5.56 Å². The summed E-state index contributed by atoms with van der Waals surface area (Å²) in [5.74, 6) is 0.171. The molecule has 1 saturated carbocycles. The number of amides is 1. The monoisotopic (exact) mass is 334 g/mol. The minimum Gasteiger partial charge on any atom is -0.348 e. The Morgan fingerprint density at radius 3 is 2.62 bits per heavy atom. The fraction of sp³-hybridized carbons (Fsp3) is 0.600. The smallest absolute Gasteiger partial charge is 0.332 e. The van der Waals surface area contributed by atoms with Crippen LogP contribution in [0.5, 0.6) is 0 Å². The molecule has 130 valence electrons. The van der Waals surface area contributed by atoms with Crippen molar-refractivity contribution in [2.45, 2.75) is 31.8 Å². The van der Waals surface area contributed by atoms with Gasteiger partial charge in [0.05, 0.1) is 11.9 Å². The van der Waals surface area contributed by atoms with Gasteiger partial charge in [0.15, 0.2) is 11.2 Å². The van der Waals surface area contributed by atoms with Crippen LogP contribution in [0.3, 0.4) is 0 Å². The summed E-state index contributed by atoms with van der Waals surface area (Å²) in [5, 5.41) is 2.98. The number of nitrogens with two attached hydrogens (primary N) is 1. The summed E-state index contributed by atoms with van der Waals surface area (Å²) in [7, 11) is 2.94. The average molecular weight is 334 g/mol. The van der Waals surface area contributed by atoms with Crippen LogP contribution in [0.2, 0.25) is 0 Å². The Kier molecular flexibility index (Phi) is 3.83. The third kappa shape index (κ3) is 2.54. The standard InChI is InChI=1S/C15H22N6O3/c1-15(7-16,9-4-5-9)18-10(22)6-21-8-17-12-11(21)13(23)20(3)14(24)19(12)2/h8-9H,4-7,16H2,1-3H3,(H,18,22). The summed E-state index contributed by atoms with van der Waals surface area (Å²) in [6, 6.07) is 0. The van der Waals surface area contributed by atoms with Gasteiger partial charge in [0.1, 0.15) is 6.54 Å². The van der Waals surface area contributed by atoms with Gasteiger partial charge in [0, 0.05) is 20.6 Å². The van der Waals surface area contributed by atoms with Gasteiger partial charge in [-0.2, -0.15) is 0 Å². The molecule has 0 spiro atoms. The van der Waals surface area contributed by atoms with Crippen molar-refractivity contribution >= 4 is 17.1 Å². The molecular weight excluding hydrogens is 312 g/mol. The number of nitrogens with one attached hydrogen (secondary N) is 1. The highest BCUT2D eigenvalue weighted by Crippen LogP contribution is 2.38. The van der Waals surface area contributed by atoms with Crippen molar-refractivity contribution in [2.75, 3.05) is 6.54 Å². The van der Waals surface area contributed by atoms with Gasteiger partial charge in [-0.15, -0.1) is 0 Å². The first-order valence-corrected chi connectivity index (χ1v) is 7.90. The number of hydrogen-bond acceptors (Lipinski definition) is 5. The zero-order valence-corrected chi connectivity index (χ0v) is 14.1. The second-order valence-electron chi connectivity index (χ2n) is 6.69. The second kappa shape index (κ2) is 5.59. The highest BCUT2D eigenvalue weighted by molar-refractivity contribution is 5.79. The van der Waals surface area contributed by atoms with Crippen molar-refractivity contribution in [1.29, 1.82) is 0 Å². The number of nitrogens with zero attached hydrogens (tertiary/aromatic N) is 4. The zero-order chi connectivity index (χ0) is 17.6. The van der Waals surface area contributed by atoms with Crippen molar-refractivity contribution in [3.63, 3.8) is 0 Å². The quantitative estimate of drug-likeness (QED) is 0.703. The van der Waals surface area contributed by atoms with E-state index < -0.39 is 16.8 Å². The van der Waals surface area contributed by atoms with Gasteiger partial charge in [-0.05, 0) is 25.7 Å². The molecule has 0 radical (unpaired) electrons. The molecule has 2 aromatic rings. The highest BCUT2D eigenvalue weighted by atomic mass is 16.2. The third-order valence-corrected chi connectivity index (χ3v) is 4.86. The molecular formula is C15H22N6O3. The minimum absolute atomic E-state index is 0.0494. The fourth-order valence-electron chi connectivity index (χ4n) is 3.07. The summed E-state index contributed by atoms with van der Waals surface area (Å²) < 4.78 is 3.77. The van der Waals surface area contributed by atoms with E-state index in [2.05, 4.69) is 10.3 Å². The van der Waals surface area contributed by atoms with Crippen LogP contribution in [0.1, 0.15) is 19.8 Å². The second-order valence-corrected chi connectivity index (χ2v) is 6.69. The lowest BCUT2D eigenvalue weighted by molar-refractivity contribution is -0.123. The number of imidazole rings is 1. The number of aromatic nitrogens is 4. The molecule has 3 rings (SSSR count). The minimum atomic E-state index is -0.470. The van der Waals surface area contributed by atoms with Crippen molar-refractivity contribution in [3.05, 3.63) is 27.2 Å². The van der Waals surface area contributed by atoms with Crippen LogP contribution in [0.25, 0.3) is 11.2 Å².